The van der Waals surface area contributed by atoms with Gasteiger partial charge in [-0.3, -0.25) is 19.2 Å². The van der Waals surface area contributed by atoms with Gasteiger partial charge in [-0.15, -0.1) is 0 Å². The number of aliphatic carboxylic acids is 1. The Balaban J connectivity index is -0.00000291. The molecule has 0 heterocycles. The summed E-state index contributed by atoms with van der Waals surface area (Å²) in [6.07, 6.45) is 1.10. The van der Waals surface area contributed by atoms with Gasteiger partial charge in [-0.05, 0) is 33.6 Å². The maximum atomic E-state index is 12.4. The van der Waals surface area contributed by atoms with Crippen molar-refractivity contribution in [3.63, 3.8) is 0 Å². The minimum absolute atomic E-state index is 0.0322. The fourth-order valence-electron chi connectivity index (χ4n) is 2.99. The third-order valence-electron chi connectivity index (χ3n) is 4.98. The molecule has 1 atom stereocenters. The van der Waals surface area contributed by atoms with E-state index in [9.17, 15) is 29.1 Å². The first-order chi connectivity index (χ1) is 17.7. The molecule has 0 saturated heterocycles. The summed E-state index contributed by atoms with van der Waals surface area (Å²) in [4.78, 5) is 59.4. The fourth-order valence-corrected chi connectivity index (χ4v) is 2.99. The van der Waals surface area contributed by atoms with E-state index in [1.807, 2.05) is 34.6 Å². The number of carboxylic acid groups (broad SMARTS) is 1. The molecular formula is C27H53N3O8. The van der Waals surface area contributed by atoms with Crippen LogP contribution in [-0.2, 0) is 33.4 Å². The zero-order chi connectivity index (χ0) is 30.4. The number of carboxylic acids is 1. The monoisotopic (exact) mass is 547 g/mol. The van der Waals surface area contributed by atoms with Gasteiger partial charge in [0.15, 0.2) is 5.78 Å². The van der Waals surface area contributed by atoms with Crippen molar-refractivity contribution in [2.45, 2.75) is 107 Å². The highest BCUT2D eigenvalue weighted by Crippen LogP contribution is 2.22. The van der Waals surface area contributed by atoms with Crippen LogP contribution in [0.3, 0.4) is 0 Å². The molecule has 11 nitrogen and oxygen atoms in total. The largest absolute Gasteiger partial charge is 0.480 e. The first kappa shape index (κ1) is 40.0. The lowest BCUT2D eigenvalue weighted by atomic mass is 9.86. The molecule has 0 rings (SSSR count). The molecular weight excluding hydrogens is 494 g/mol. The van der Waals surface area contributed by atoms with Gasteiger partial charge in [0.25, 0.3) is 0 Å². The van der Waals surface area contributed by atoms with Crippen LogP contribution < -0.4 is 16.0 Å². The van der Waals surface area contributed by atoms with Crippen molar-refractivity contribution in [1.29, 1.82) is 0 Å². The molecule has 224 valence electrons. The quantitative estimate of drug-likeness (QED) is 0.191. The minimum atomic E-state index is -1.23. The van der Waals surface area contributed by atoms with Crippen molar-refractivity contribution in [3.8, 4) is 0 Å². The number of ketones is 1. The lowest BCUT2D eigenvalue weighted by Crippen LogP contribution is -2.55. The molecule has 0 aliphatic rings. The molecule has 4 N–H and O–H groups in total. The van der Waals surface area contributed by atoms with E-state index in [1.165, 1.54) is 20.8 Å². The maximum Gasteiger partial charge on any atom is 0.326 e. The van der Waals surface area contributed by atoms with Gasteiger partial charge in [0.05, 0.1) is 19.8 Å². The standard InChI is InChI=1S/C23H41N3O8.2C2H6/c1-7-10-22(3,4)20(31)25-17(19(29)30)8-9-18(28)26-23(5,6)21(32)24-11-12-33-13-14-34-15-16(2)27;2*1-2/h17H,7-15H2,1-6H3,(H,24,32)(H,25,31)(H,26,28)(H,29,30);2*1-2H3. The minimum Gasteiger partial charge on any atom is -0.480 e. The van der Waals surface area contributed by atoms with E-state index in [0.29, 0.717) is 6.42 Å². The number of hydrogen-bond donors (Lipinski definition) is 4. The van der Waals surface area contributed by atoms with Crippen LogP contribution in [0.2, 0.25) is 0 Å². The second-order valence-electron chi connectivity index (χ2n) is 9.33. The van der Waals surface area contributed by atoms with Crippen molar-refractivity contribution >= 4 is 29.5 Å². The van der Waals surface area contributed by atoms with Gasteiger partial charge in [0.1, 0.15) is 18.2 Å². The topological polar surface area (TPSA) is 160 Å². The zero-order valence-electron chi connectivity index (χ0n) is 25.2. The summed E-state index contributed by atoms with van der Waals surface area (Å²) in [5, 5.41) is 17.2. The third kappa shape index (κ3) is 19.6. The Bertz CT molecular complexity index is 708. The molecule has 0 aliphatic heterocycles. The molecule has 0 spiro atoms. The number of ether oxygens (including phenoxy) is 2. The third-order valence-corrected chi connectivity index (χ3v) is 4.98. The first-order valence-corrected chi connectivity index (χ1v) is 13.5. The second-order valence-corrected chi connectivity index (χ2v) is 9.33. The van der Waals surface area contributed by atoms with E-state index in [-0.39, 0.29) is 57.5 Å². The van der Waals surface area contributed by atoms with E-state index < -0.39 is 34.8 Å². The molecule has 0 saturated carbocycles. The summed E-state index contributed by atoms with van der Waals surface area (Å²) in [7, 11) is 0. The highest BCUT2D eigenvalue weighted by Gasteiger charge is 2.32. The molecule has 11 heteroatoms. The predicted octanol–water partition coefficient (Wildman–Crippen LogP) is 2.85. The summed E-state index contributed by atoms with van der Waals surface area (Å²) >= 11 is 0. The van der Waals surface area contributed by atoms with Crippen molar-refractivity contribution in [1.82, 2.24) is 16.0 Å². The zero-order valence-corrected chi connectivity index (χ0v) is 25.2. The van der Waals surface area contributed by atoms with Crippen LogP contribution in [0.5, 0.6) is 0 Å². The van der Waals surface area contributed by atoms with Crippen LogP contribution >= 0.6 is 0 Å². The van der Waals surface area contributed by atoms with E-state index >= 15 is 0 Å². The molecule has 0 aliphatic carbocycles. The van der Waals surface area contributed by atoms with Gasteiger partial charge >= 0.3 is 5.97 Å². The number of rotatable bonds is 18. The van der Waals surface area contributed by atoms with Gasteiger partial charge in [-0.25, -0.2) is 4.79 Å². The van der Waals surface area contributed by atoms with E-state index in [0.717, 1.165) is 6.42 Å². The number of hydrogen-bond acceptors (Lipinski definition) is 7. The van der Waals surface area contributed by atoms with Gasteiger partial charge < -0.3 is 30.5 Å². The van der Waals surface area contributed by atoms with Crippen LogP contribution in [0.4, 0.5) is 0 Å². The molecule has 1 unspecified atom stereocenters. The second kappa shape index (κ2) is 22.5. The SMILES string of the molecule is CC.CC.CCCC(C)(C)C(=O)NC(CCC(=O)NC(C)(C)C(=O)NCCOCCOCC(C)=O)C(=O)O. The average molecular weight is 548 g/mol. The van der Waals surface area contributed by atoms with Crippen LogP contribution in [-0.4, -0.2) is 79.1 Å². The maximum absolute atomic E-state index is 12.4. The van der Waals surface area contributed by atoms with Gasteiger partial charge in [0, 0.05) is 18.4 Å². The van der Waals surface area contributed by atoms with Crippen molar-refractivity contribution < 1.29 is 38.6 Å². The summed E-state index contributed by atoms with van der Waals surface area (Å²) in [5.74, 6) is -2.61. The highest BCUT2D eigenvalue weighted by atomic mass is 16.5. The van der Waals surface area contributed by atoms with E-state index in [2.05, 4.69) is 16.0 Å². The number of nitrogens with one attached hydrogen (secondary N) is 3. The van der Waals surface area contributed by atoms with Crippen molar-refractivity contribution in [3.05, 3.63) is 0 Å². The molecule has 0 bridgehead atoms. The van der Waals surface area contributed by atoms with Crippen LogP contribution in [0.15, 0.2) is 0 Å². The van der Waals surface area contributed by atoms with Crippen LogP contribution in [0.1, 0.15) is 94.9 Å². The Morgan fingerprint density at radius 3 is 1.92 bits per heavy atom. The summed E-state index contributed by atoms with van der Waals surface area (Å²) in [6.45, 7) is 18.9. The Labute approximate surface area is 229 Å². The van der Waals surface area contributed by atoms with Crippen molar-refractivity contribution in [2.75, 3.05) is 33.0 Å². The lowest BCUT2D eigenvalue weighted by molar-refractivity contribution is -0.144. The Kier molecular flexibility index (Phi) is 23.6. The molecule has 0 aromatic carbocycles. The van der Waals surface area contributed by atoms with E-state index in [1.54, 1.807) is 13.8 Å². The Hall–Kier alpha value is -2.53. The first-order valence-electron chi connectivity index (χ1n) is 13.5. The smallest absolute Gasteiger partial charge is 0.326 e. The molecule has 0 aromatic rings. The lowest BCUT2D eigenvalue weighted by Gasteiger charge is -2.27. The summed E-state index contributed by atoms with van der Waals surface area (Å²) in [6, 6.07) is -1.21. The number of carbonyl (C=O) groups is 5. The van der Waals surface area contributed by atoms with E-state index in [4.69, 9.17) is 9.47 Å². The normalized spacial score (nSPS) is 11.5. The van der Waals surface area contributed by atoms with Crippen LogP contribution in [0.25, 0.3) is 0 Å². The highest BCUT2D eigenvalue weighted by molar-refractivity contribution is 5.91. The number of carbonyl (C=O) groups excluding carboxylic acids is 4. The predicted molar refractivity (Wildman–Crippen MR) is 148 cm³/mol. The van der Waals surface area contributed by atoms with Gasteiger partial charge in [0.2, 0.25) is 17.7 Å². The van der Waals surface area contributed by atoms with Crippen LogP contribution in [0, 0.1) is 5.41 Å². The van der Waals surface area contributed by atoms with Gasteiger partial charge in [-0.1, -0.05) is 54.9 Å². The Morgan fingerprint density at radius 2 is 1.42 bits per heavy atom. The molecule has 0 fully saturated rings. The number of Topliss-reactive ketones (excluding diaryl/α,β-unsaturated/α-hetero) is 1. The molecule has 0 aromatic heterocycles. The van der Waals surface area contributed by atoms with Crippen molar-refractivity contribution in [2.24, 2.45) is 5.41 Å². The molecule has 3 amide bonds. The van der Waals surface area contributed by atoms with Gasteiger partial charge in [-0.2, -0.15) is 0 Å². The summed E-state index contributed by atoms with van der Waals surface area (Å²) < 4.78 is 10.3. The molecule has 0 radical (unpaired) electrons. The Morgan fingerprint density at radius 1 is 0.868 bits per heavy atom. The molecule has 38 heavy (non-hydrogen) atoms. The number of amides is 3. The fraction of sp³-hybridized carbons (Fsp3) is 0.815. The average Bonchev–Trinajstić information content (AvgIpc) is 2.84. The summed E-state index contributed by atoms with van der Waals surface area (Å²) in [5.41, 5.74) is -1.94.